The van der Waals surface area contributed by atoms with Crippen molar-refractivity contribution in [2.24, 2.45) is 0 Å². The van der Waals surface area contributed by atoms with Crippen LogP contribution in [0.15, 0.2) is 24.3 Å². The molecule has 1 rings (SSSR count). The summed E-state index contributed by atoms with van der Waals surface area (Å²) in [4.78, 5) is 10.8. The van der Waals surface area contributed by atoms with E-state index in [-0.39, 0.29) is 6.42 Å². The average Bonchev–Trinajstić information content (AvgIpc) is 2.05. The summed E-state index contributed by atoms with van der Waals surface area (Å²) in [6.07, 6.45) is 0.196. The van der Waals surface area contributed by atoms with Crippen LogP contribution in [0, 0.1) is 0 Å². The van der Waals surface area contributed by atoms with Crippen LogP contribution >= 0.6 is 34.8 Å². The number of hydrogen-bond acceptors (Lipinski definition) is 2. The first-order valence-corrected chi connectivity index (χ1v) is 5.35. The summed E-state index contributed by atoms with van der Waals surface area (Å²) in [5.41, 5.74) is 0.688. The minimum atomic E-state index is -1.39. The normalized spacial score (nSPS) is 11.2. The molecule has 0 saturated carbocycles. The predicted molar refractivity (Wildman–Crippen MR) is 61.7 cm³/mol. The summed E-state index contributed by atoms with van der Waals surface area (Å²) >= 11 is 17.0. The highest BCUT2D eigenvalue weighted by Gasteiger charge is 2.22. The van der Waals surface area contributed by atoms with Gasteiger partial charge in [-0.05, 0) is 11.6 Å². The molecular formula is C10H9Cl3O2. The summed E-state index contributed by atoms with van der Waals surface area (Å²) in [5.74, 6) is 0.0306. The second-order valence-corrected chi connectivity index (χ2v) is 5.51. The Kier molecular flexibility index (Phi) is 4.26. The van der Waals surface area contributed by atoms with Crippen LogP contribution in [0.4, 0.5) is 0 Å². The van der Waals surface area contributed by atoms with E-state index in [9.17, 15) is 4.79 Å². The molecule has 1 aromatic carbocycles. The van der Waals surface area contributed by atoms with Gasteiger partial charge in [0, 0.05) is 13.3 Å². The molecule has 15 heavy (non-hydrogen) atoms. The highest BCUT2D eigenvalue weighted by molar-refractivity contribution is 6.67. The molecule has 0 heterocycles. The van der Waals surface area contributed by atoms with Gasteiger partial charge in [0.25, 0.3) is 0 Å². The maximum Gasteiger partial charge on any atom is 0.308 e. The zero-order chi connectivity index (χ0) is 11.5. The minimum Gasteiger partial charge on any atom is -0.426 e. The van der Waals surface area contributed by atoms with Gasteiger partial charge in [0.2, 0.25) is 0 Å². The Hall–Kier alpha value is -0.440. The van der Waals surface area contributed by atoms with E-state index in [0.29, 0.717) is 11.3 Å². The molecule has 0 spiro atoms. The largest absolute Gasteiger partial charge is 0.426 e. The fraction of sp³-hybridized carbons (Fsp3) is 0.300. The van der Waals surface area contributed by atoms with Crippen LogP contribution in [-0.2, 0) is 11.2 Å². The molecular weight excluding hydrogens is 258 g/mol. The maximum atomic E-state index is 10.8. The molecule has 0 aliphatic carbocycles. The van der Waals surface area contributed by atoms with E-state index < -0.39 is 9.76 Å². The third kappa shape index (κ3) is 4.74. The van der Waals surface area contributed by atoms with Crippen molar-refractivity contribution in [3.05, 3.63) is 29.8 Å². The first-order chi connectivity index (χ1) is 6.88. The van der Waals surface area contributed by atoms with Gasteiger partial charge in [0.15, 0.2) is 3.79 Å². The van der Waals surface area contributed by atoms with Gasteiger partial charge in [-0.15, -0.1) is 0 Å². The second kappa shape index (κ2) is 5.06. The fourth-order valence-electron chi connectivity index (χ4n) is 1.12. The lowest BCUT2D eigenvalue weighted by Gasteiger charge is -2.13. The molecule has 0 aromatic heterocycles. The van der Waals surface area contributed by atoms with Crippen LogP contribution in [0.5, 0.6) is 5.75 Å². The SMILES string of the molecule is CC(=O)Oc1ccccc1CC(Cl)(Cl)Cl. The van der Waals surface area contributed by atoms with Gasteiger partial charge in [-0.1, -0.05) is 53.0 Å². The zero-order valence-electron chi connectivity index (χ0n) is 7.97. The summed E-state index contributed by atoms with van der Waals surface area (Å²) in [6.45, 7) is 1.33. The van der Waals surface area contributed by atoms with E-state index in [0.717, 1.165) is 0 Å². The molecule has 2 nitrogen and oxygen atoms in total. The van der Waals surface area contributed by atoms with Gasteiger partial charge in [0.05, 0.1) is 0 Å². The van der Waals surface area contributed by atoms with E-state index in [1.807, 2.05) is 0 Å². The first-order valence-electron chi connectivity index (χ1n) is 4.21. The highest BCUT2D eigenvalue weighted by Crippen LogP contribution is 2.33. The molecule has 0 amide bonds. The average molecular weight is 268 g/mol. The Morgan fingerprint density at radius 3 is 2.47 bits per heavy atom. The van der Waals surface area contributed by atoms with Crippen molar-refractivity contribution in [3.63, 3.8) is 0 Å². The molecule has 1 aromatic rings. The highest BCUT2D eigenvalue weighted by atomic mass is 35.6. The Morgan fingerprint density at radius 2 is 1.93 bits per heavy atom. The molecule has 0 radical (unpaired) electrons. The molecule has 0 N–H and O–H groups in total. The van der Waals surface area contributed by atoms with Crippen molar-refractivity contribution in [2.75, 3.05) is 0 Å². The van der Waals surface area contributed by atoms with Crippen LogP contribution in [0.2, 0.25) is 0 Å². The molecule has 0 aliphatic rings. The second-order valence-electron chi connectivity index (χ2n) is 2.99. The van der Waals surface area contributed by atoms with Gasteiger partial charge in [-0.25, -0.2) is 0 Å². The number of para-hydroxylation sites is 1. The molecule has 0 saturated heterocycles. The fourth-order valence-corrected chi connectivity index (χ4v) is 1.55. The van der Waals surface area contributed by atoms with E-state index >= 15 is 0 Å². The zero-order valence-corrected chi connectivity index (χ0v) is 10.2. The monoisotopic (exact) mass is 266 g/mol. The van der Waals surface area contributed by atoms with Crippen molar-refractivity contribution in [2.45, 2.75) is 17.1 Å². The number of carbonyl (C=O) groups is 1. The Balaban J connectivity index is 2.91. The van der Waals surface area contributed by atoms with Crippen LogP contribution in [0.1, 0.15) is 12.5 Å². The van der Waals surface area contributed by atoms with Gasteiger partial charge in [-0.2, -0.15) is 0 Å². The van der Waals surface area contributed by atoms with Crippen molar-refractivity contribution >= 4 is 40.8 Å². The van der Waals surface area contributed by atoms with E-state index in [4.69, 9.17) is 39.5 Å². The van der Waals surface area contributed by atoms with Crippen molar-refractivity contribution in [1.29, 1.82) is 0 Å². The van der Waals surface area contributed by atoms with Gasteiger partial charge >= 0.3 is 5.97 Å². The van der Waals surface area contributed by atoms with Gasteiger partial charge < -0.3 is 4.74 Å². The van der Waals surface area contributed by atoms with E-state index in [1.165, 1.54) is 6.92 Å². The predicted octanol–water partition coefficient (Wildman–Crippen LogP) is 3.52. The molecule has 0 aliphatic heterocycles. The number of esters is 1. The molecule has 0 atom stereocenters. The van der Waals surface area contributed by atoms with Gasteiger partial charge in [0.1, 0.15) is 5.75 Å². The maximum absolute atomic E-state index is 10.8. The third-order valence-electron chi connectivity index (χ3n) is 1.62. The Morgan fingerprint density at radius 1 is 1.33 bits per heavy atom. The number of hydrogen-bond donors (Lipinski definition) is 0. The van der Waals surface area contributed by atoms with Crippen molar-refractivity contribution < 1.29 is 9.53 Å². The number of alkyl halides is 3. The molecule has 0 fully saturated rings. The van der Waals surface area contributed by atoms with Crippen LogP contribution in [-0.4, -0.2) is 9.76 Å². The van der Waals surface area contributed by atoms with Crippen LogP contribution in [0.3, 0.4) is 0 Å². The Labute approximate surface area is 103 Å². The Bertz CT molecular complexity index is 358. The molecule has 0 unspecified atom stereocenters. The summed E-state index contributed by atoms with van der Waals surface area (Å²) in [5, 5.41) is 0. The van der Waals surface area contributed by atoms with Crippen LogP contribution in [0.25, 0.3) is 0 Å². The number of halogens is 3. The lowest BCUT2D eigenvalue weighted by Crippen LogP contribution is -2.10. The standard InChI is InChI=1S/C10H9Cl3O2/c1-7(14)15-9-5-3-2-4-8(9)6-10(11,12)13/h2-5H,6H2,1H3. The molecule has 82 valence electrons. The number of carbonyl (C=O) groups excluding carboxylic acids is 1. The number of benzene rings is 1. The molecule has 5 heteroatoms. The van der Waals surface area contributed by atoms with E-state index in [1.54, 1.807) is 24.3 Å². The minimum absolute atomic E-state index is 0.196. The van der Waals surface area contributed by atoms with Gasteiger partial charge in [-0.3, -0.25) is 4.79 Å². The van der Waals surface area contributed by atoms with Crippen LogP contribution < -0.4 is 4.74 Å². The number of ether oxygens (including phenoxy) is 1. The smallest absolute Gasteiger partial charge is 0.308 e. The molecule has 0 bridgehead atoms. The third-order valence-corrected chi connectivity index (χ3v) is 2.02. The summed E-state index contributed by atoms with van der Waals surface area (Å²) < 4.78 is 3.58. The summed E-state index contributed by atoms with van der Waals surface area (Å²) in [7, 11) is 0. The number of rotatable bonds is 2. The lowest BCUT2D eigenvalue weighted by molar-refractivity contribution is -0.131. The first kappa shape index (κ1) is 12.6. The van der Waals surface area contributed by atoms with Crippen molar-refractivity contribution in [3.8, 4) is 5.75 Å². The quantitative estimate of drug-likeness (QED) is 0.465. The topological polar surface area (TPSA) is 26.3 Å². The lowest BCUT2D eigenvalue weighted by atomic mass is 10.1. The van der Waals surface area contributed by atoms with Crippen molar-refractivity contribution in [1.82, 2.24) is 0 Å². The summed E-state index contributed by atoms with van der Waals surface area (Å²) in [6, 6.07) is 6.95. The van der Waals surface area contributed by atoms with E-state index in [2.05, 4.69) is 0 Å².